The first-order chi connectivity index (χ1) is 8.66. The molecule has 0 bridgehead atoms. The number of aliphatic carboxylic acids is 1. The van der Waals surface area contributed by atoms with Crippen molar-refractivity contribution >= 4 is 34.6 Å². The van der Waals surface area contributed by atoms with E-state index in [2.05, 4.69) is 0 Å². The fraction of sp³-hybridized carbons (Fsp3) is 0. The molecule has 0 atom stereocenters. The van der Waals surface area contributed by atoms with Crippen molar-refractivity contribution in [2.75, 3.05) is 0 Å². The van der Waals surface area contributed by atoms with Gasteiger partial charge >= 0.3 is 5.97 Å². The first-order valence-electron chi connectivity index (χ1n) is 5.05. The monoisotopic (exact) mass is 280 g/mol. The third-order valence-corrected chi connectivity index (χ3v) is 3.77. The van der Waals surface area contributed by atoms with Crippen molar-refractivity contribution in [1.82, 2.24) is 0 Å². The van der Waals surface area contributed by atoms with E-state index in [0.29, 0.717) is 5.56 Å². The summed E-state index contributed by atoms with van der Waals surface area (Å²) in [6.07, 6.45) is 0. The Morgan fingerprint density at radius 1 is 1.28 bits per heavy atom. The van der Waals surface area contributed by atoms with E-state index in [1.54, 1.807) is 29.0 Å². The van der Waals surface area contributed by atoms with Crippen LogP contribution in [-0.4, -0.2) is 11.1 Å². The summed E-state index contributed by atoms with van der Waals surface area (Å²) in [6, 6.07) is 7.69. The molecular formula is C13H9FO2S2. The maximum atomic E-state index is 12.7. The van der Waals surface area contributed by atoms with Gasteiger partial charge in [0.15, 0.2) is 0 Å². The van der Waals surface area contributed by atoms with Crippen LogP contribution in [0.3, 0.4) is 0 Å². The van der Waals surface area contributed by atoms with Crippen LogP contribution in [0.25, 0.3) is 5.57 Å². The van der Waals surface area contributed by atoms with Crippen molar-refractivity contribution < 1.29 is 14.3 Å². The molecule has 0 saturated carbocycles. The van der Waals surface area contributed by atoms with Crippen LogP contribution >= 0.6 is 23.1 Å². The van der Waals surface area contributed by atoms with E-state index in [0.717, 1.165) is 4.90 Å². The lowest BCUT2D eigenvalue weighted by Gasteiger charge is -2.00. The van der Waals surface area contributed by atoms with Gasteiger partial charge in [0.05, 0.1) is 5.57 Å². The highest BCUT2D eigenvalue weighted by atomic mass is 32.2. The lowest BCUT2D eigenvalue weighted by Crippen LogP contribution is -1.97. The number of rotatable bonds is 4. The van der Waals surface area contributed by atoms with Gasteiger partial charge in [-0.1, -0.05) is 11.8 Å². The van der Waals surface area contributed by atoms with Crippen LogP contribution in [-0.2, 0) is 4.79 Å². The molecule has 2 rings (SSSR count). The fourth-order valence-corrected chi connectivity index (χ4v) is 2.74. The normalized spacial score (nSPS) is 11.5. The van der Waals surface area contributed by atoms with Gasteiger partial charge < -0.3 is 5.11 Å². The quantitative estimate of drug-likeness (QED) is 0.676. The minimum Gasteiger partial charge on any atom is -0.478 e. The number of benzene rings is 1. The van der Waals surface area contributed by atoms with Crippen LogP contribution in [0.5, 0.6) is 0 Å². The van der Waals surface area contributed by atoms with Gasteiger partial charge in [0.25, 0.3) is 0 Å². The number of hydrogen-bond acceptors (Lipinski definition) is 3. The van der Waals surface area contributed by atoms with Crippen LogP contribution in [0.2, 0.25) is 0 Å². The molecule has 5 heteroatoms. The van der Waals surface area contributed by atoms with Gasteiger partial charge in [0.2, 0.25) is 0 Å². The molecule has 0 spiro atoms. The second kappa shape index (κ2) is 5.84. The standard InChI is InChI=1S/C13H9FO2S2/c14-10-1-3-11(4-2-10)18-8-12(13(15)16)9-5-6-17-7-9/h1-8H,(H,15,16)/b12-8+. The van der Waals surface area contributed by atoms with Gasteiger partial charge in [-0.25, -0.2) is 9.18 Å². The van der Waals surface area contributed by atoms with E-state index in [1.807, 2.05) is 5.38 Å². The molecule has 1 aromatic heterocycles. The lowest BCUT2D eigenvalue weighted by atomic mass is 10.2. The van der Waals surface area contributed by atoms with Crippen LogP contribution in [0.4, 0.5) is 4.39 Å². The summed E-state index contributed by atoms with van der Waals surface area (Å²) in [5.41, 5.74) is 0.924. The summed E-state index contributed by atoms with van der Waals surface area (Å²) in [5, 5.41) is 14.3. The minimum absolute atomic E-state index is 0.241. The number of carbonyl (C=O) groups is 1. The second-order valence-corrected chi connectivity index (χ2v) is 5.14. The molecule has 0 aliphatic carbocycles. The van der Waals surface area contributed by atoms with E-state index in [9.17, 15) is 9.18 Å². The van der Waals surface area contributed by atoms with E-state index in [4.69, 9.17) is 5.11 Å². The zero-order valence-corrected chi connectivity index (χ0v) is 10.8. The van der Waals surface area contributed by atoms with Gasteiger partial charge in [0, 0.05) is 10.5 Å². The molecule has 2 nitrogen and oxygen atoms in total. The Labute approximate surface area is 112 Å². The Morgan fingerprint density at radius 3 is 2.56 bits per heavy atom. The molecule has 18 heavy (non-hydrogen) atoms. The number of halogens is 1. The number of hydrogen-bond donors (Lipinski definition) is 1. The fourth-order valence-electron chi connectivity index (χ4n) is 1.30. The van der Waals surface area contributed by atoms with Crippen LogP contribution < -0.4 is 0 Å². The highest BCUT2D eigenvalue weighted by Crippen LogP contribution is 2.26. The van der Waals surface area contributed by atoms with Crippen LogP contribution in [0.15, 0.2) is 51.4 Å². The highest BCUT2D eigenvalue weighted by molar-refractivity contribution is 8.02. The average molecular weight is 280 g/mol. The molecule has 1 N–H and O–H groups in total. The molecule has 0 saturated heterocycles. The Bertz CT molecular complexity index is 559. The molecule has 0 aliphatic rings. The predicted molar refractivity (Wildman–Crippen MR) is 72.2 cm³/mol. The zero-order chi connectivity index (χ0) is 13.0. The molecule has 92 valence electrons. The number of thioether (sulfide) groups is 1. The van der Waals surface area contributed by atoms with Gasteiger partial charge in [-0.05, 0) is 46.5 Å². The summed E-state index contributed by atoms with van der Waals surface area (Å²) in [6.45, 7) is 0. The predicted octanol–water partition coefficient (Wildman–Crippen LogP) is 4.11. The van der Waals surface area contributed by atoms with Crippen LogP contribution in [0.1, 0.15) is 5.56 Å². The summed E-state index contributed by atoms with van der Waals surface area (Å²) in [7, 11) is 0. The van der Waals surface area contributed by atoms with Crippen molar-refractivity contribution in [1.29, 1.82) is 0 Å². The molecule has 2 aromatic rings. The zero-order valence-electron chi connectivity index (χ0n) is 9.17. The molecule has 1 aromatic carbocycles. The number of thiophene rings is 1. The maximum absolute atomic E-state index is 12.7. The number of carboxylic acids is 1. The average Bonchev–Trinajstić information content (AvgIpc) is 2.85. The second-order valence-electron chi connectivity index (χ2n) is 3.42. The Kier molecular flexibility index (Phi) is 4.17. The third-order valence-electron chi connectivity index (χ3n) is 2.19. The van der Waals surface area contributed by atoms with E-state index in [-0.39, 0.29) is 11.4 Å². The molecule has 0 amide bonds. The Morgan fingerprint density at radius 2 is 2.00 bits per heavy atom. The maximum Gasteiger partial charge on any atom is 0.336 e. The van der Waals surface area contributed by atoms with Gasteiger partial charge in [-0.3, -0.25) is 0 Å². The summed E-state index contributed by atoms with van der Waals surface area (Å²) in [5.74, 6) is -1.28. The van der Waals surface area contributed by atoms with Gasteiger partial charge in [-0.2, -0.15) is 11.3 Å². The molecule has 0 unspecified atom stereocenters. The SMILES string of the molecule is O=C(O)/C(=C/Sc1ccc(F)cc1)c1ccsc1. The minimum atomic E-state index is -0.969. The van der Waals surface area contributed by atoms with Crippen molar-refractivity contribution in [3.63, 3.8) is 0 Å². The largest absolute Gasteiger partial charge is 0.478 e. The third kappa shape index (κ3) is 3.21. The molecular weight excluding hydrogens is 271 g/mol. The van der Waals surface area contributed by atoms with Crippen molar-refractivity contribution in [2.45, 2.75) is 4.90 Å². The van der Waals surface area contributed by atoms with Crippen molar-refractivity contribution in [3.8, 4) is 0 Å². The smallest absolute Gasteiger partial charge is 0.336 e. The van der Waals surface area contributed by atoms with E-state index >= 15 is 0 Å². The Balaban J connectivity index is 2.20. The van der Waals surface area contributed by atoms with Gasteiger partial charge in [0.1, 0.15) is 5.82 Å². The lowest BCUT2D eigenvalue weighted by molar-refractivity contribution is -0.130. The summed E-state index contributed by atoms with van der Waals surface area (Å²) < 4.78 is 12.7. The highest BCUT2D eigenvalue weighted by Gasteiger charge is 2.10. The van der Waals surface area contributed by atoms with Crippen molar-refractivity contribution in [2.24, 2.45) is 0 Å². The molecule has 0 fully saturated rings. The first-order valence-corrected chi connectivity index (χ1v) is 6.87. The topological polar surface area (TPSA) is 37.3 Å². The number of carboxylic acid groups (broad SMARTS) is 1. The first kappa shape index (κ1) is 12.9. The van der Waals surface area contributed by atoms with Crippen LogP contribution in [0, 0.1) is 5.82 Å². The molecule has 0 radical (unpaired) electrons. The Hall–Kier alpha value is -1.59. The van der Waals surface area contributed by atoms with E-state index in [1.165, 1.54) is 35.2 Å². The molecule has 0 aliphatic heterocycles. The van der Waals surface area contributed by atoms with Crippen molar-refractivity contribution in [3.05, 3.63) is 57.9 Å². The summed E-state index contributed by atoms with van der Waals surface area (Å²) in [4.78, 5) is 11.9. The summed E-state index contributed by atoms with van der Waals surface area (Å²) >= 11 is 2.70. The molecule has 1 heterocycles. The van der Waals surface area contributed by atoms with E-state index < -0.39 is 5.97 Å². The van der Waals surface area contributed by atoms with Gasteiger partial charge in [-0.15, -0.1) is 0 Å².